The van der Waals surface area contributed by atoms with E-state index in [9.17, 15) is 14.4 Å². The van der Waals surface area contributed by atoms with Gasteiger partial charge in [-0.25, -0.2) is 4.79 Å². The summed E-state index contributed by atoms with van der Waals surface area (Å²) in [6.07, 6.45) is 8.01. The number of amides is 3. The van der Waals surface area contributed by atoms with Crippen LogP contribution >= 0.6 is 0 Å². The number of hydrogen-bond donors (Lipinski definition) is 2. The number of piperidine rings is 1. The lowest BCUT2D eigenvalue weighted by Crippen LogP contribution is -2.52. The minimum atomic E-state index is -0.560. The molecule has 3 amide bonds. The monoisotopic (exact) mass is 415 g/mol. The predicted molar refractivity (Wildman–Crippen MR) is 115 cm³/mol. The largest absolute Gasteiger partial charge is 0.469 e. The summed E-state index contributed by atoms with van der Waals surface area (Å²) in [5, 5.41) is 5.85. The van der Waals surface area contributed by atoms with Crippen molar-refractivity contribution < 1.29 is 19.1 Å². The van der Waals surface area contributed by atoms with Gasteiger partial charge in [0.05, 0.1) is 19.1 Å². The van der Waals surface area contributed by atoms with E-state index in [1.807, 2.05) is 4.90 Å². The van der Waals surface area contributed by atoms with E-state index in [-0.39, 0.29) is 30.4 Å². The Bertz CT molecular complexity index is 756. The Morgan fingerprint density at radius 3 is 2.40 bits per heavy atom. The van der Waals surface area contributed by atoms with Crippen LogP contribution < -0.4 is 10.6 Å². The molecule has 1 unspecified atom stereocenters. The summed E-state index contributed by atoms with van der Waals surface area (Å²) >= 11 is 0. The quantitative estimate of drug-likeness (QED) is 0.709. The van der Waals surface area contributed by atoms with Gasteiger partial charge in [0, 0.05) is 23.8 Å². The van der Waals surface area contributed by atoms with Crippen molar-refractivity contribution >= 4 is 23.6 Å². The van der Waals surface area contributed by atoms with Gasteiger partial charge in [-0.05, 0) is 63.3 Å². The highest BCUT2D eigenvalue weighted by Crippen LogP contribution is 2.31. The molecule has 1 aromatic carbocycles. The topological polar surface area (TPSA) is 87.7 Å². The van der Waals surface area contributed by atoms with Crippen LogP contribution in [0.2, 0.25) is 0 Å². The SMILES string of the molecule is COC(=O)CC1(NC(=O)Nc2ccc(C(=O)N3CCCCC3C)cc2)CCCCC1. The van der Waals surface area contributed by atoms with Gasteiger partial charge in [-0.1, -0.05) is 19.3 Å². The number of likely N-dealkylation sites (tertiary alicyclic amines) is 1. The summed E-state index contributed by atoms with van der Waals surface area (Å²) in [5.74, 6) is -0.274. The summed E-state index contributed by atoms with van der Waals surface area (Å²) in [7, 11) is 1.37. The number of rotatable bonds is 5. The Labute approximate surface area is 178 Å². The third-order valence-electron chi connectivity index (χ3n) is 6.35. The summed E-state index contributed by atoms with van der Waals surface area (Å²) in [4.78, 5) is 39.2. The highest BCUT2D eigenvalue weighted by Gasteiger charge is 2.36. The summed E-state index contributed by atoms with van der Waals surface area (Å²) in [6.45, 7) is 2.89. The highest BCUT2D eigenvalue weighted by atomic mass is 16.5. The first kappa shape index (κ1) is 22.1. The first-order valence-corrected chi connectivity index (χ1v) is 11.0. The molecule has 1 heterocycles. The second-order valence-electron chi connectivity index (χ2n) is 8.59. The van der Waals surface area contributed by atoms with Gasteiger partial charge in [-0.15, -0.1) is 0 Å². The van der Waals surface area contributed by atoms with Crippen LogP contribution in [0.25, 0.3) is 0 Å². The first-order chi connectivity index (χ1) is 14.4. The van der Waals surface area contributed by atoms with E-state index in [4.69, 9.17) is 4.74 Å². The molecular formula is C23H33N3O4. The van der Waals surface area contributed by atoms with Gasteiger partial charge < -0.3 is 20.3 Å². The number of hydrogen-bond acceptors (Lipinski definition) is 4. The molecule has 1 aliphatic carbocycles. The molecule has 1 atom stereocenters. The second-order valence-corrected chi connectivity index (χ2v) is 8.59. The molecule has 1 saturated heterocycles. The van der Waals surface area contributed by atoms with Crippen molar-refractivity contribution in [2.45, 2.75) is 76.3 Å². The van der Waals surface area contributed by atoms with Gasteiger partial charge in [0.25, 0.3) is 5.91 Å². The van der Waals surface area contributed by atoms with Crippen LogP contribution in [0, 0.1) is 0 Å². The third kappa shape index (κ3) is 5.52. The van der Waals surface area contributed by atoms with E-state index < -0.39 is 5.54 Å². The fourth-order valence-electron chi connectivity index (χ4n) is 4.59. The molecule has 1 aromatic rings. The number of benzene rings is 1. The van der Waals surface area contributed by atoms with Crippen molar-refractivity contribution in [1.29, 1.82) is 0 Å². The van der Waals surface area contributed by atoms with Crippen molar-refractivity contribution in [3.8, 4) is 0 Å². The zero-order valence-corrected chi connectivity index (χ0v) is 18.0. The van der Waals surface area contributed by atoms with Gasteiger partial charge >= 0.3 is 12.0 Å². The minimum absolute atomic E-state index is 0.0393. The molecule has 0 bridgehead atoms. The molecule has 164 valence electrons. The summed E-state index contributed by atoms with van der Waals surface area (Å²) < 4.78 is 4.82. The molecule has 1 saturated carbocycles. The maximum absolute atomic E-state index is 12.8. The normalized spacial score (nSPS) is 20.9. The number of urea groups is 1. The molecule has 0 aromatic heterocycles. The summed E-state index contributed by atoms with van der Waals surface area (Å²) in [5.41, 5.74) is 0.680. The molecule has 1 aliphatic heterocycles. The lowest BCUT2D eigenvalue weighted by atomic mass is 9.79. The zero-order chi connectivity index (χ0) is 21.6. The lowest BCUT2D eigenvalue weighted by molar-refractivity contribution is -0.142. The van der Waals surface area contributed by atoms with Crippen molar-refractivity contribution in [1.82, 2.24) is 10.2 Å². The molecule has 2 aliphatic rings. The Balaban J connectivity index is 1.60. The van der Waals surface area contributed by atoms with Gasteiger partial charge in [0.1, 0.15) is 0 Å². The number of carbonyl (C=O) groups is 3. The Hall–Kier alpha value is -2.57. The van der Waals surface area contributed by atoms with Gasteiger partial charge in [0.15, 0.2) is 0 Å². The van der Waals surface area contributed by atoms with Crippen LogP contribution in [-0.4, -0.2) is 48.0 Å². The maximum atomic E-state index is 12.8. The average Bonchev–Trinajstić information content (AvgIpc) is 2.74. The number of nitrogens with one attached hydrogen (secondary N) is 2. The smallest absolute Gasteiger partial charge is 0.319 e. The first-order valence-electron chi connectivity index (χ1n) is 11.0. The number of methoxy groups -OCH3 is 1. The Kier molecular flexibility index (Phi) is 7.34. The predicted octanol–water partition coefficient (Wildman–Crippen LogP) is 4.09. The van der Waals surface area contributed by atoms with Crippen LogP contribution in [0.5, 0.6) is 0 Å². The number of anilines is 1. The van der Waals surface area contributed by atoms with E-state index in [2.05, 4.69) is 17.6 Å². The second kappa shape index (κ2) is 9.96. The number of carbonyl (C=O) groups excluding carboxylic acids is 3. The Morgan fingerprint density at radius 2 is 1.77 bits per heavy atom. The van der Waals surface area contributed by atoms with Gasteiger partial charge in [-0.3, -0.25) is 9.59 Å². The maximum Gasteiger partial charge on any atom is 0.319 e. The van der Waals surface area contributed by atoms with Crippen LogP contribution in [0.15, 0.2) is 24.3 Å². The van der Waals surface area contributed by atoms with Crippen LogP contribution in [0.3, 0.4) is 0 Å². The average molecular weight is 416 g/mol. The third-order valence-corrected chi connectivity index (χ3v) is 6.35. The fraction of sp³-hybridized carbons (Fsp3) is 0.609. The van der Waals surface area contributed by atoms with Crippen LogP contribution in [-0.2, 0) is 9.53 Å². The number of esters is 1. The number of nitrogens with zero attached hydrogens (tertiary/aromatic N) is 1. The molecule has 30 heavy (non-hydrogen) atoms. The lowest BCUT2D eigenvalue weighted by Gasteiger charge is -2.37. The zero-order valence-electron chi connectivity index (χ0n) is 18.0. The van der Waals surface area contributed by atoms with Gasteiger partial charge in [0.2, 0.25) is 0 Å². The van der Waals surface area contributed by atoms with Crippen molar-refractivity contribution in [3.05, 3.63) is 29.8 Å². The molecule has 7 heteroatoms. The number of ether oxygens (including phenoxy) is 1. The van der Waals surface area contributed by atoms with E-state index in [1.54, 1.807) is 24.3 Å². The molecule has 7 nitrogen and oxygen atoms in total. The van der Waals surface area contributed by atoms with E-state index in [0.29, 0.717) is 11.3 Å². The standard InChI is InChI=1S/C23H33N3O4/c1-17-8-4-7-15-26(17)21(28)18-9-11-19(12-10-18)24-22(29)25-23(16-20(27)30-2)13-5-3-6-14-23/h9-12,17H,3-8,13-16H2,1-2H3,(H2,24,25,29). The molecule has 3 rings (SSSR count). The van der Waals surface area contributed by atoms with Gasteiger partial charge in [-0.2, -0.15) is 0 Å². The Morgan fingerprint density at radius 1 is 1.07 bits per heavy atom. The molecule has 0 spiro atoms. The highest BCUT2D eigenvalue weighted by molar-refractivity contribution is 5.96. The minimum Gasteiger partial charge on any atom is -0.469 e. The van der Waals surface area contributed by atoms with Crippen molar-refractivity contribution in [3.63, 3.8) is 0 Å². The van der Waals surface area contributed by atoms with Crippen molar-refractivity contribution in [2.75, 3.05) is 19.0 Å². The fourth-order valence-corrected chi connectivity index (χ4v) is 4.59. The molecule has 0 radical (unpaired) electrons. The molecule has 2 N–H and O–H groups in total. The van der Waals surface area contributed by atoms with Crippen molar-refractivity contribution in [2.24, 2.45) is 0 Å². The van der Waals surface area contributed by atoms with E-state index in [0.717, 1.165) is 51.5 Å². The van der Waals surface area contributed by atoms with E-state index in [1.165, 1.54) is 13.5 Å². The molecular weight excluding hydrogens is 382 g/mol. The summed E-state index contributed by atoms with van der Waals surface area (Å²) in [6, 6.07) is 6.92. The van der Waals surface area contributed by atoms with E-state index >= 15 is 0 Å². The van der Waals surface area contributed by atoms with Crippen LogP contribution in [0.4, 0.5) is 10.5 Å². The van der Waals surface area contributed by atoms with Crippen LogP contribution in [0.1, 0.15) is 75.1 Å². The molecule has 2 fully saturated rings.